The van der Waals surface area contributed by atoms with Crippen LogP contribution in [0.1, 0.15) is 27.1 Å². The smallest absolute Gasteiger partial charge is 0.257 e. The van der Waals surface area contributed by atoms with E-state index in [1.807, 2.05) is 12.1 Å². The van der Waals surface area contributed by atoms with Gasteiger partial charge >= 0.3 is 0 Å². The number of nitrogens with zero attached hydrogens (tertiary/aromatic N) is 1. The number of benzene rings is 3. The third-order valence-corrected chi connectivity index (χ3v) is 6.01. The van der Waals surface area contributed by atoms with E-state index in [2.05, 4.69) is 10.6 Å². The van der Waals surface area contributed by atoms with E-state index in [1.54, 1.807) is 47.4 Å². The Labute approximate surface area is 190 Å². The Morgan fingerprint density at radius 2 is 1.79 bits per heavy atom. The first-order chi connectivity index (χ1) is 15.9. The second-order valence-electron chi connectivity index (χ2n) is 8.18. The zero-order valence-corrected chi connectivity index (χ0v) is 18.0. The zero-order chi connectivity index (χ0) is 23.1. The van der Waals surface area contributed by atoms with E-state index in [9.17, 15) is 19.8 Å². The van der Waals surface area contributed by atoms with Gasteiger partial charge in [0.15, 0.2) is 11.5 Å². The molecule has 3 aromatic carbocycles. The van der Waals surface area contributed by atoms with Crippen molar-refractivity contribution < 1.29 is 24.5 Å². The molecule has 3 aromatic rings. The number of phenolic OH excluding ortho intramolecular Hbond substituents is 1. The molecule has 0 radical (unpaired) electrons. The number of hydrogen-bond acceptors (Lipinski definition) is 6. The Balaban J connectivity index is 1.47. The van der Waals surface area contributed by atoms with Crippen LogP contribution < -0.4 is 15.4 Å². The molecule has 8 nitrogen and oxygen atoms in total. The van der Waals surface area contributed by atoms with Crippen LogP contribution >= 0.6 is 0 Å². The monoisotopic (exact) mass is 445 g/mol. The van der Waals surface area contributed by atoms with E-state index in [4.69, 9.17) is 4.74 Å². The summed E-state index contributed by atoms with van der Waals surface area (Å²) in [7, 11) is 1.49. The number of fused-ring (bicyclic) bond motifs is 2. The summed E-state index contributed by atoms with van der Waals surface area (Å²) >= 11 is 0. The van der Waals surface area contributed by atoms with Crippen LogP contribution in [0.3, 0.4) is 0 Å². The number of amides is 2. The van der Waals surface area contributed by atoms with Crippen molar-refractivity contribution in [1.29, 1.82) is 0 Å². The number of aromatic hydroxyl groups is 1. The van der Waals surface area contributed by atoms with E-state index in [-0.39, 0.29) is 17.6 Å². The van der Waals surface area contributed by atoms with Crippen molar-refractivity contribution in [2.24, 2.45) is 0 Å². The molecule has 0 aliphatic carbocycles. The van der Waals surface area contributed by atoms with Gasteiger partial charge in [-0.25, -0.2) is 0 Å². The van der Waals surface area contributed by atoms with Crippen LogP contribution in [0.15, 0.2) is 54.6 Å². The average molecular weight is 445 g/mol. The van der Waals surface area contributed by atoms with E-state index in [0.717, 1.165) is 11.1 Å². The first kappa shape index (κ1) is 20.8. The summed E-state index contributed by atoms with van der Waals surface area (Å²) in [5.41, 5.74) is 4.39. The summed E-state index contributed by atoms with van der Waals surface area (Å²) in [4.78, 5) is 27.3. The molecular formula is C25H23N3O5. The number of carbonyl (C=O) groups excluding carboxylic acids is 2. The SMILES string of the molecule is COc1cc(-c2ccc3c(c2)Nc2ccc(C(=O)N4CCC(O)C4)cc2NC3=O)ccc1O. The molecule has 1 fully saturated rings. The Morgan fingerprint density at radius 3 is 2.55 bits per heavy atom. The third-order valence-electron chi connectivity index (χ3n) is 6.01. The predicted octanol–water partition coefficient (Wildman–Crippen LogP) is 3.58. The number of hydrogen-bond donors (Lipinski definition) is 4. The van der Waals surface area contributed by atoms with Crippen LogP contribution in [-0.4, -0.2) is 53.2 Å². The van der Waals surface area contributed by atoms with Gasteiger partial charge in [-0.05, 0) is 60.0 Å². The molecule has 5 rings (SSSR count). The first-order valence-corrected chi connectivity index (χ1v) is 10.6. The highest BCUT2D eigenvalue weighted by Gasteiger charge is 2.27. The van der Waals surface area contributed by atoms with E-state index < -0.39 is 6.10 Å². The molecule has 0 spiro atoms. The number of methoxy groups -OCH3 is 1. The van der Waals surface area contributed by atoms with Crippen molar-refractivity contribution in [2.75, 3.05) is 30.8 Å². The second-order valence-corrected chi connectivity index (χ2v) is 8.18. The molecule has 4 N–H and O–H groups in total. The molecule has 1 atom stereocenters. The van der Waals surface area contributed by atoms with Crippen LogP contribution in [0.2, 0.25) is 0 Å². The second kappa shape index (κ2) is 8.14. The van der Waals surface area contributed by atoms with Gasteiger partial charge in [0.1, 0.15) is 0 Å². The van der Waals surface area contributed by atoms with E-state index in [1.165, 1.54) is 7.11 Å². The summed E-state index contributed by atoms with van der Waals surface area (Å²) < 4.78 is 5.20. The number of aliphatic hydroxyl groups is 1. The molecule has 2 aliphatic rings. The summed E-state index contributed by atoms with van der Waals surface area (Å²) in [6.07, 6.45) is 0.0767. The molecule has 168 valence electrons. The quantitative estimate of drug-likeness (QED) is 0.490. The van der Waals surface area contributed by atoms with Crippen molar-refractivity contribution in [3.63, 3.8) is 0 Å². The molecular weight excluding hydrogens is 422 g/mol. The van der Waals surface area contributed by atoms with Crippen molar-refractivity contribution in [1.82, 2.24) is 4.90 Å². The minimum Gasteiger partial charge on any atom is -0.504 e. The number of phenols is 1. The molecule has 8 heteroatoms. The molecule has 33 heavy (non-hydrogen) atoms. The molecule has 0 bridgehead atoms. The van der Waals surface area contributed by atoms with E-state index >= 15 is 0 Å². The average Bonchev–Trinajstić information content (AvgIpc) is 3.20. The van der Waals surface area contributed by atoms with Gasteiger partial charge in [-0.15, -0.1) is 0 Å². The third kappa shape index (κ3) is 3.85. The molecule has 2 aliphatic heterocycles. The fraction of sp³-hybridized carbons (Fsp3) is 0.200. The van der Waals surface area contributed by atoms with Crippen molar-refractivity contribution in [3.05, 3.63) is 65.7 Å². The van der Waals surface area contributed by atoms with Crippen LogP contribution in [0.4, 0.5) is 17.1 Å². The number of likely N-dealkylation sites (tertiary alicyclic amines) is 1. The lowest BCUT2D eigenvalue weighted by Gasteiger charge is -2.17. The van der Waals surface area contributed by atoms with Gasteiger partial charge in [0, 0.05) is 18.7 Å². The summed E-state index contributed by atoms with van der Waals surface area (Å²) in [6, 6.07) is 15.6. The van der Waals surface area contributed by atoms with Crippen LogP contribution in [0, 0.1) is 0 Å². The van der Waals surface area contributed by atoms with Gasteiger partial charge in [-0.3, -0.25) is 9.59 Å². The summed E-state index contributed by atoms with van der Waals surface area (Å²) in [6.45, 7) is 0.828. The summed E-state index contributed by atoms with van der Waals surface area (Å²) in [5.74, 6) is -0.0429. The van der Waals surface area contributed by atoms with Gasteiger partial charge in [0.05, 0.1) is 35.8 Å². The van der Waals surface area contributed by atoms with Gasteiger partial charge in [-0.2, -0.15) is 0 Å². The van der Waals surface area contributed by atoms with Crippen molar-refractivity contribution in [2.45, 2.75) is 12.5 Å². The molecule has 0 aromatic heterocycles. The number of carbonyl (C=O) groups is 2. The van der Waals surface area contributed by atoms with Crippen LogP contribution in [0.5, 0.6) is 11.5 Å². The van der Waals surface area contributed by atoms with Gasteiger partial charge < -0.3 is 30.5 Å². The predicted molar refractivity (Wildman–Crippen MR) is 124 cm³/mol. The first-order valence-electron chi connectivity index (χ1n) is 10.6. The molecule has 2 heterocycles. The fourth-order valence-corrected chi connectivity index (χ4v) is 4.22. The minimum absolute atomic E-state index is 0.0521. The highest BCUT2D eigenvalue weighted by atomic mass is 16.5. The lowest BCUT2D eigenvalue weighted by Crippen LogP contribution is -2.29. The van der Waals surface area contributed by atoms with E-state index in [0.29, 0.717) is 53.4 Å². The Bertz CT molecular complexity index is 1270. The number of rotatable bonds is 3. The van der Waals surface area contributed by atoms with Crippen molar-refractivity contribution >= 4 is 28.9 Å². The van der Waals surface area contributed by atoms with Crippen LogP contribution in [0.25, 0.3) is 11.1 Å². The standard InChI is InChI=1S/C25H23N3O5/c1-33-23-12-15(4-7-22(23)30)14-2-5-18-20(10-14)26-19-6-3-16(11-21(19)27-24(18)31)25(32)28-9-8-17(29)13-28/h2-7,10-12,17,26,29-30H,8-9,13H2,1H3,(H,27,31). The number of nitrogens with one attached hydrogen (secondary N) is 2. The Morgan fingerprint density at radius 1 is 1.00 bits per heavy atom. The highest BCUT2D eigenvalue weighted by Crippen LogP contribution is 2.37. The normalized spacial score (nSPS) is 16.8. The maximum atomic E-state index is 12.9. The Kier molecular flexibility index (Phi) is 5.14. The lowest BCUT2D eigenvalue weighted by molar-refractivity contribution is 0.0764. The topological polar surface area (TPSA) is 111 Å². The number of anilines is 3. The number of β-amino-alcohol motifs (C(OH)–C–C–N with tert-alkyl or cyclic N) is 1. The van der Waals surface area contributed by atoms with Gasteiger partial charge in [-0.1, -0.05) is 12.1 Å². The molecule has 1 unspecified atom stereocenters. The largest absolute Gasteiger partial charge is 0.504 e. The molecule has 0 saturated carbocycles. The highest BCUT2D eigenvalue weighted by molar-refractivity contribution is 6.13. The van der Waals surface area contributed by atoms with Gasteiger partial charge in [0.2, 0.25) is 0 Å². The zero-order valence-electron chi connectivity index (χ0n) is 18.0. The Hall–Kier alpha value is -4.04. The maximum absolute atomic E-state index is 12.9. The minimum atomic E-state index is -0.492. The van der Waals surface area contributed by atoms with Crippen molar-refractivity contribution in [3.8, 4) is 22.6 Å². The maximum Gasteiger partial charge on any atom is 0.257 e. The molecule has 2 amide bonds. The van der Waals surface area contributed by atoms with Crippen LogP contribution in [-0.2, 0) is 0 Å². The van der Waals surface area contributed by atoms with Gasteiger partial charge in [0.25, 0.3) is 11.8 Å². The number of aliphatic hydroxyl groups excluding tert-OH is 1. The fourth-order valence-electron chi connectivity index (χ4n) is 4.22. The number of ether oxygens (including phenoxy) is 1. The summed E-state index contributed by atoms with van der Waals surface area (Å²) in [5, 5.41) is 25.8. The lowest BCUT2D eigenvalue weighted by atomic mass is 10.0. The molecule has 1 saturated heterocycles.